The van der Waals surface area contributed by atoms with Gasteiger partial charge in [0.15, 0.2) is 0 Å². The molecule has 0 fully saturated rings. The molecule has 2 heterocycles. The van der Waals surface area contributed by atoms with E-state index in [4.69, 9.17) is 9.47 Å². The largest absolute Gasteiger partial charge is 0.497 e. The second-order valence-electron chi connectivity index (χ2n) is 4.90. The predicted molar refractivity (Wildman–Crippen MR) is 87.8 cm³/mol. The summed E-state index contributed by atoms with van der Waals surface area (Å²) in [7, 11) is 3.12. The predicted octanol–water partition coefficient (Wildman–Crippen LogP) is 2.68. The average Bonchev–Trinajstić information content (AvgIpc) is 3.08. The van der Waals surface area contributed by atoms with Crippen molar-refractivity contribution in [2.24, 2.45) is 0 Å². The summed E-state index contributed by atoms with van der Waals surface area (Å²) in [5.74, 6) is 1.74. The number of aryl methyl sites for hydroxylation is 2. The SMILES string of the molecule is COc1ccc(OC)c(NC(=O)c2sc3nnc(C)n3c2C)c1. The molecule has 8 heteroatoms. The highest BCUT2D eigenvalue weighted by Gasteiger charge is 2.19. The van der Waals surface area contributed by atoms with Crippen LogP contribution < -0.4 is 14.8 Å². The number of hydrogen-bond acceptors (Lipinski definition) is 6. The highest BCUT2D eigenvalue weighted by Crippen LogP contribution is 2.30. The van der Waals surface area contributed by atoms with Gasteiger partial charge >= 0.3 is 0 Å². The molecule has 0 aliphatic heterocycles. The monoisotopic (exact) mass is 332 g/mol. The molecular formula is C15H16N4O3S. The summed E-state index contributed by atoms with van der Waals surface area (Å²) in [6, 6.07) is 5.24. The molecular weight excluding hydrogens is 316 g/mol. The molecule has 0 aliphatic carbocycles. The maximum absolute atomic E-state index is 12.6. The van der Waals surface area contributed by atoms with E-state index >= 15 is 0 Å². The molecule has 2 aromatic heterocycles. The normalized spacial score (nSPS) is 10.8. The topological polar surface area (TPSA) is 77.8 Å². The van der Waals surface area contributed by atoms with Crippen LogP contribution in [0.15, 0.2) is 18.2 Å². The van der Waals surface area contributed by atoms with Gasteiger partial charge in [0.2, 0.25) is 4.96 Å². The number of nitrogens with zero attached hydrogens (tertiary/aromatic N) is 3. The molecule has 3 aromatic rings. The van der Waals surface area contributed by atoms with Gasteiger partial charge in [0.05, 0.1) is 19.9 Å². The Kier molecular flexibility index (Phi) is 3.91. The first-order chi connectivity index (χ1) is 11.0. The minimum Gasteiger partial charge on any atom is -0.497 e. The maximum atomic E-state index is 12.6. The number of carbonyl (C=O) groups is 1. The van der Waals surface area contributed by atoms with Crippen molar-refractivity contribution in [3.05, 3.63) is 34.6 Å². The summed E-state index contributed by atoms with van der Waals surface area (Å²) in [4.78, 5) is 13.9. The Labute approximate surface area is 136 Å². The molecule has 0 spiro atoms. The van der Waals surface area contributed by atoms with E-state index in [0.29, 0.717) is 27.0 Å². The van der Waals surface area contributed by atoms with Crippen LogP contribution in [0, 0.1) is 13.8 Å². The van der Waals surface area contributed by atoms with E-state index in [1.165, 1.54) is 11.3 Å². The number of amides is 1. The van der Waals surface area contributed by atoms with Crippen molar-refractivity contribution in [2.75, 3.05) is 19.5 Å². The lowest BCUT2D eigenvalue weighted by Crippen LogP contribution is -2.13. The minimum atomic E-state index is -0.219. The molecule has 7 nitrogen and oxygen atoms in total. The Morgan fingerprint density at radius 1 is 1.22 bits per heavy atom. The van der Waals surface area contributed by atoms with Gasteiger partial charge in [-0.3, -0.25) is 9.20 Å². The summed E-state index contributed by atoms with van der Waals surface area (Å²) in [5.41, 5.74) is 1.36. The Balaban J connectivity index is 1.96. The molecule has 1 N–H and O–H groups in total. The van der Waals surface area contributed by atoms with Gasteiger partial charge in [-0.15, -0.1) is 10.2 Å². The minimum absolute atomic E-state index is 0.219. The van der Waals surface area contributed by atoms with Crippen molar-refractivity contribution in [2.45, 2.75) is 13.8 Å². The number of carbonyl (C=O) groups excluding carboxylic acids is 1. The van der Waals surface area contributed by atoms with Crippen molar-refractivity contribution in [3.63, 3.8) is 0 Å². The van der Waals surface area contributed by atoms with Gasteiger partial charge in [-0.05, 0) is 26.0 Å². The molecule has 0 saturated heterocycles. The number of nitrogens with one attached hydrogen (secondary N) is 1. The number of ether oxygens (including phenoxy) is 2. The highest BCUT2D eigenvalue weighted by atomic mass is 32.1. The fourth-order valence-electron chi connectivity index (χ4n) is 2.36. The van der Waals surface area contributed by atoms with E-state index in [1.54, 1.807) is 32.4 Å². The van der Waals surface area contributed by atoms with Gasteiger partial charge in [0.25, 0.3) is 5.91 Å². The average molecular weight is 332 g/mol. The second-order valence-corrected chi connectivity index (χ2v) is 5.88. The lowest BCUT2D eigenvalue weighted by atomic mass is 10.2. The van der Waals surface area contributed by atoms with E-state index in [-0.39, 0.29) is 5.91 Å². The van der Waals surface area contributed by atoms with Gasteiger partial charge in [0, 0.05) is 11.8 Å². The van der Waals surface area contributed by atoms with E-state index in [0.717, 1.165) is 11.5 Å². The number of hydrogen-bond donors (Lipinski definition) is 1. The first-order valence-corrected chi connectivity index (χ1v) is 7.71. The molecule has 3 rings (SSSR count). The molecule has 0 saturated carbocycles. The second kappa shape index (κ2) is 5.88. The Hall–Kier alpha value is -2.61. The first-order valence-electron chi connectivity index (χ1n) is 6.89. The van der Waals surface area contributed by atoms with Crippen LogP contribution in [0.5, 0.6) is 11.5 Å². The number of anilines is 1. The van der Waals surface area contributed by atoms with Crippen LogP contribution in [0.2, 0.25) is 0 Å². The zero-order chi connectivity index (χ0) is 16.6. The lowest BCUT2D eigenvalue weighted by Gasteiger charge is -2.11. The van der Waals surface area contributed by atoms with Gasteiger partial charge in [-0.1, -0.05) is 11.3 Å². The Morgan fingerprint density at radius 2 is 2.00 bits per heavy atom. The van der Waals surface area contributed by atoms with Crippen LogP contribution in [0.4, 0.5) is 5.69 Å². The molecule has 23 heavy (non-hydrogen) atoms. The maximum Gasteiger partial charge on any atom is 0.267 e. The molecule has 1 amide bonds. The van der Waals surface area contributed by atoms with Crippen LogP contribution in [0.25, 0.3) is 4.96 Å². The van der Waals surface area contributed by atoms with E-state index in [9.17, 15) is 4.79 Å². The number of rotatable bonds is 4. The van der Waals surface area contributed by atoms with Gasteiger partial charge in [-0.25, -0.2) is 0 Å². The van der Waals surface area contributed by atoms with Crippen molar-refractivity contribution in [3.8, 4) is 11.5 Å². The van der Waals surface area contributed by atoms with Gasteiger partial charge in [0.1, 0.15) is 22.2 Å². The van der Waals surface area contributed by atoms with E-state index in [1.807, 2.05) is 18.2 Å². The quantitative estimate of drug-likeness (QED) is 0.795. The fourth-order valence-corrected chi connectivity index (χ4v) is 3.37. The molecule has 0 unspecified atom stereocenters. The fraction of sp³-hybridized carbons (Fsp3) is 0.267. The summed E-state index contributed by atoms with van der Waals surface area (Å²) >= 11 is 1.30. The Morgan fingerprint density at radius 3 is 2.65 bits per heavy atom. The van der Waals surface area contributed by atoms with Gasteiger partial charge in [-0.2, -0.15) is 0 Å². The third kappa shape index (κ3) is 2.61. The third-order valence-corrected chi connectivity index (χ3v) is 4.65. The van der Waals surface area contributed by atoms with Crippen LogP contribution in [-0.4, -0.2) is 34.7 Å². The summed E-state index contributed by atoms with van der Waals surface area (Å²) in [6.45, 7) is 3.73. The van der Waals surface area contributed by atoms with E-state index in [2.05, 4.69) is 15.5 Å². The molecule has 0 radical (unpaired) electrons. The van der Waals surface area contributed by atoms with Crippen LogP contribution in [-0.2, 0) is 0 Å². The molecule has 0 aliphatic rings. The summed E-state index contributed by atoms with van der Waals surface area (Å²) < 4.78 is 12.3. The first kappa shape index (κ1) is 15.3. The van der Waals surface area contributed by atoms with Crippen LogP contribution in [0.3, 0.4) is 0 Å². The number of aromatic nitrogens is 3. The number of thiazole rings is 1. The van der Waals surface area contributed by atoms with Crippen molar-refractivity contribution in [1.29, 1.82) is 0 Å². The molecule has 1 aromatic carbocycles. The number of fused-ring (bicyclic) bond motifs is 1. The molecule has 120 valence electrons. The van der Waals surface area contributed by atoms with Crippen LogP contribution >= 0.6 is 11.3 Å². The zero-order valence-electron chi connectivity index (χ0n) is 13.2. The van der Waals surface area contributed by atoms with Crippen molar-refractivity contribution >= 4 is 27.9 Å². The summed E-state index contributed by atoms with van der Waals surface area (Å²) in [5, 5.41) is 10.9. The summed E-state index contributed by atoms with van der Waals surface area (Å²) in [6.07, 6.45) is 0. The standard InChI is InChI=1S/C15H16N4O3S/c1-8-13(23-15-18-17-9(2)19(8)15)14(20)16-11-7-10(21-3)5-6-12(11)22-4/h5-7H,1-4H3,(H,16,20). The third-order valence-electron chi connectivity index (χ3n) is 3.51. The highest BCUT2D eigenvalue weighted by molar-refractivity contribution is 7.19. The van der Waals surface area contributed by atoms with Crippen LogP contribution in [0.1, 0.15) is 21.2 Å². The molecule has 0 atom stereocenters. The molecule has 0 bridgehead atoms. The van der Waals surface area contributed by atoms with Gasteiger partial charge < -0.3 is 14.8 Å². The zero-order valence-corrected chi connectivity index (χ0v) is 14.0. The Bertz CT molecular complexity index is 884. The number of benzene rings is 1. The lowest BCUT2D eigenvalue weighted by molar-refractivity contribution is 0.102. The number of methoxy groups -OCH3 is 2. The van der Waals surface area contributed by atoms with Crippen molar-refractivity contribution < 1.29 is 14.3 Å². The van der Waals surface area contributed by atoms with Crippen molar-refractivity contribution in [1.82, 2.24) is 14.6 Å². The van der Waals surface area contributed by atoms with E-state index < -0.39 is 0 Å². The smallest absolute Gasteiger partial charge is 0.267 e.